The lowest BCUT2D eigenvalue weighted by Crippen LogP contribution is -2.27. The highest BCUT2D eigenvalue weighted by Crippen LogP contribution is 2.16. The van der Waals surface area contributed by atoms with Gasteiger partial charge in [0.25, 0.3) is 5.91 Å². The summed E-state index contributed by atoms with van der Waals surface area (Å²) in [6.45, 7) is 1.69. The van der Waals surface area contributed by atoms with Gasteiger partial charge in [0, 0.05) is 24.3 Å². The standard InChI is InChI=1S/C22H20FN3O3/c23-18-7-9-19(10-8-18)26-15-24-13-20(26)22(28)29-14-16-3-5-17(6-4-16)21(27)25-11-1-2-12-25/h3-10,13,15H,1-2,11-12,14H2. The molecule has 4 rings (SSSR count). The van der Waals surface area contributed by atoms with Crippen molar-refractivity contribution in [2.75, 3.05) is 13.1 Å². The molecule has 1 amide bonds. The van der Waals surface area contributed by atoms with Crippen LogP contribution in [0.25, 0.3) is 5.69 Å². The van der Waals surface area contributed by atoms with Crippen molar-refractivity contribution in [3.8, 4) is 5.69 Å². The third kappa shape index (κ3) is 4.18. The Hall–Kier alpha value is -3.48. The number of carbonyl (C=O) groups is 2. The molecule has 0 aliphatic carbocycles. The Morgan fingerprint density at radius 3 is 2.38 bits per heavy atom. The number of ether oxygens (including phenoxy) is 1. The molecule has 1 aromatic heterocycles. The third-order valence-electron chi connectivity index (χ3n) is 4.92. The summed E-state index contributed by atoms with van der Waals surface area (Å²) in [4.78, 5) is 30.7. The van der Waals surface area contributed by atoms with Crippen LogP contribution < -0.4 is 0 Å². The maximum Gasteiger partial charge on any atom is 0.357 e. The molecule has 0 saturated carbocycles. The molecule has 0 unspecified atom stereocenters. The van der Waals surface area contributed by atoms with Gasteiger partial charge in [0.1, 0.15) is 12.4 Å². The highest BCUT2D eigenvalue weighted by atomic mass is 19.1. The molecule has 0 N–H and O–H groups in total. The highest BCUT2D eigenvalue weighted by molar-refractivity contribution is 5.94. The summed E-state index contributed by atoms with van der Waals surface area (Å²) in [5.41, 5.74) is 2.28. The number of carbonyl (C=O) groups excluding carboxylic acids is 2. The molecule has 1 aliphatic heterocycles. The predicted molar refractivity (Wildman–Crippen MR) is 104 cm³/mol. The van der Waals surface area contributed by atoms with Gasteiger partial charge in [0.15, 0.2) is 5.69 Å². The van der Waals surface area contributed by atoms with Gasteiger partial charge in [0.2, 0.25) is 0 Å². The average Bonchev–Trinajstić information content (AvgIpc) is 3.45. The summed E-state index contributed by atoms with van der Waals surface area (Å²) in [7, 11) is 0. The van der Waals surface area contributed by atoms with E-state index >= 15 is 0 Å². The van der Waals surface area contributed by atoms with Crippen LogP contribution >= 0.6 is 0 Å². The highest BCUT2D eigenvalue weighted by Gasteiger charge is 2.19. The van der Waals surface area contributed by atoms with Crippen LogP contribution in [-0.4, -0.2) is 39.4 Å². The monoisotopic (exact) mass is 393 g/mol. The Balaban J connectivity index is 1.39. The number of esters is 1. The minimum atomic E-state index is -0.538. The van der Waals surface area contributed by atoms with Crippen molar-refractivity contribution in [2.45, 2.75) is 19.4 Å². The van der Waals surface area contributed by atoms with E-state index in [9.17, 15) is 14.0 Å². The van der Waals surface area contributed by atoms with E-state index in [2.05, 4.69) is 4.98 Å². The van der Waals surface area contributed by atoms with Crippen molar-refractivity contribution < 1.29 is 18.7 Å². The number of amides is 1. The van der Waals surface area contributed by atoms with Crippen LogP contribution in [0.2, 0.25) is 0 Å². The second-order valence-electron chi connectivity index (χ2n) is 6.90. The zero-order chi connectivity index (χ0) is 20.2. The second-order valence-corrected chi connectivity index (χ2v) is 6.90. The molecule has 148 valence electrons. The number of nitrogens with zero attached hydrogens (tertiary/aromatic N) is 3. The quantitative estimate of drug-likeness (QED) is 0.622. The van der Waals surface area contributed by atoms with Gasteiger partial charge < -0.3 is 9.64 Å². The molecular formula is C22H20FN3O3. The van der Waals surface area contributed by atoms with Crippen LogP contribution in [0.15, 0.2) is 61.1 Å². The van der Waals surface area contributed by atoms with Crippen LogP contribution in [0, 0.1) is 5.82 Å². The molecular weight excluding hydrogens is 373 g/mol. The van der Waals surface area contributed by atoms with Gasteiger partial charge in [-0.2, -0.15) is 0 Å². The first-order valence-corrected chi connectivity index (χ1v) is 9.45. The van der Waals surface area contributed by atoms with Crippen molar-refractivity contribution in [1.82, 2.24) is 14.5 Å². The smallest absolute Gasteiger partial charge is 0.357 e. The summed E-state index contributed by atoms with van der Waals surface area (Å²) in [6.07, 6.45) is 4.98. The van der Waals surface area contributed by atoms with Crippen molar-refractivity contribution >= 4 is 11.9 Å². The number of rotatable bonds is 5. The first kappa shape index (κ1) is 18.9. The average molecular weight is 393 g/mol. The summed E-state index contributed by atoms with van der Waals surface area (Å²) >= 11 is 0. The summed E-state index contributed by atoms with van der Waals surface area (Å²) in [6, 6.07) is 12.8. The van der Waals surface area contributed by atoms with Gasteiger partial charge in [-0.3, -0.25) is 9.36 Å². The second kappa shape index (κ2) is 8.26. The van der Waals surface area contributed by atoms with E-state index in [1.54, 1.807) is 41.0 Å². The number of hydrogen-bond acceptors (Lipinski definition) is 4. The molecule has 1 fully saturated rings. The molecule has 2 aromatic carbocycles. The van der Waals surface area contributed by atoms with Gasteiger partial charge in [-0.1, -0.05) is 12.1 Å². The van der Waals surface area contributed by atoms with E-state index in [0.29, 0.717) is 11.3 Å². The van der Waals surface area contributed by atoms with E-state index in [1.165, 1.54) is 24.7 Å². The maximum atomic E-state index is 13.1. The predicted octanol–water partition coefficient (Wildman–Crippen LogP) is 3.60. The number of imidazole rings is 1. The minimum Gasteiger partial charge on any atom is -0.456 e. The Morgan fingerprint density at radius 2 is 1.69 bits per heavy atom. The molecule has 0 radical (unpaired) electrons. The zero-order valence-corrected chi connectivity index (χ0v) is 15.8. The summed E-state index contributed by atoms with van der Waals surface area (Å²) < 4.78 is 20.1. The number of benzene rings is 2. The van der Waals surface area contributed by atoms with Crippen LogP contribution in [0.4, 0.5) is 4.39 Å². The molecule has 1 aliphatic rings. The molecule has 0 bridgehead atoms. The lowest BCUT2D eigenvalue weighted by atomic mass is 10.1. The number of hydrogen-bond donors (Lipinski definition) is 0. The van der Waals surface area contributed by atoms with Crippen LogP contribution in [-0.2, 0) is 11.3 Å². The first-order valence-electron chi connectivity index (χ1n) is 9.45. The molecule has 2 heterocycles. The van der Waals surface area contributed by atoms with Gasteiger partial charge in [-0.05, 0) is 54.8 Å². The summed E-state index contributed by atoms with van der Waals surface area (Å²) in [5.74, 6) is -0.858. The van der Waals surface area contributed by atoms with Crippen molar-refractivity contribution in [3.63, 3.8) is 0 Å². The van der Waals surface area contributed by atoms with Crippen molar-refractivity contribution in [1.29, 1.82) is 0 Å². The number of likely N-dealkylation sites (tertiary alicyclic amines) is 1. The maximum absolute atomic E-state index is 13.1. The van der Waals surface area contributed by atoms with Gasteiger partial charge >= 0.3 is 5.97 Å². The number of halogens is 1. The number of aromatic nitrogens is 2. The fourth-order valence-electron chi connectivity index (χ4n) is 3.32. The molecule has 6 nitrogen and oxygen atoms in total. The first-order chi connectivity index (χ1) is 14.1. The fraction of sp³-hybridized carbons (Fsp3) is 0.227. The molecule has 0 spiro atoms. The van der Waals surface area contributed by atoms with Gasteiger partial charge in [0.05, 0.1) is 12.5 Å². The molecule has 7 heteroatoms. The largest absolute Gasteiger partial charge is 0.456 e. The van der Waals surface area contributed by atoms with E-state index in [0.717, 1.165) is 31.5 Å². The van der Waals surface area contributed by atoms with Gasteiger partial charge in [-0.25, -0.2) is 14.2 Å². The topological polar surface area (TPSA) is 64.4 Å². The lowest BCUT2D eigenvalue weighted by molar-refractivity contribution is 0.0463. The van der Waals surface area contributed by atoms with Gasteiger partial charge in [-0.15, -0.1) is 0 Å². The molecule has 3 aromatic rings. The van der Waals surface area contributed by atoms with Crippen molar-refractivity contribution in [2.24, 2.45) is 0 Å². The lowest BCUT2D eigenvalue weighted by Gasteiger charge is -2.15. The molecule has 29 heavy (non-hydrogen) atoms. The summed E-state index contributed by atoms with van der Waals surface area (Å²) in [5, 5.41) is 0. The Kier molecular flexibility index (Phi) is 5.37. The van der Waals surface area contributed by atoms with Crippen molar-refractivity contribution in [3.05, 3.63) is 83.7 Å². The minimum absolute atomic E-state index is 0.0363. The van der Waals surface area contributed by atoms with Crippen LogP contribution in [0.1, 0.15) is 39.3 Å². The zero-order valence-electron chi connectivity index (χ0n) is 15.8. The van der Waals surface area contributed by atoms with Crippen LogP contribution in [0.5, 0.6) is 0 Å². The van der Waals surface area contributed by atoms with E-state index in [-0.39, 0.29) is 24.0 Å². The molecule has 1 saturated heterocycles. The Bertz CT molecular complexity index is 1010. The van der Waals surface area contributed by atoms with Crippen LogP contribution in [0.3, 0.4) is 0 Å². The normalized spacial score (nSPS) is 13.5. The Labute approximate surface area is 167 Å². The Morgan fingerprint density at radius 1 is 1.00 bits per heavy atom. The SMILES string of the molecule is O=C(OCc1ccc(C(=O)N2CCCC2)cc1)c1cncn1-c1ccc(F)cc1. The van der Waals surface area contributed by atoms with E-state index in [4.69, 9.17) is 4.74 Å². The fourth-order valence-corrected chi connectivity index (χ4v) is 3.32. The molecule has 0 atom stereocenters. The third-order valence-corrected chi connectivity index (χ3v) is 4.92. The van der Waals surface area contributed by atoms with E-state index in [1.807, 2.05) is 4.90 Å². The van der Waals surface area contributed by atoms with E-state index < -0.39 is 5.97 Å².